The maximum Gasteiger partial charge on any atom is 0.223 e. The van der Waals surface area contributed by atoms with Crippen LogP contribution in [0.2, 0.25) is 0 Å². The van der Waals surface area contributed by atoms with Crippen molar-refractivity contribution in [2.75, 3.05) is 31.6 Å². The molecule has 3 rings (SSSR count). The van der Waals surface area contributed by atoms with Gasteiger partial charge in [-0.1, -0.05) is 0 Å². The number of pyridine rings is 1. The maximum absolute atomic E-state index is 12.7. The van der Waals surface area contributed by atoms with E-state index >= 15 is 0 Å². The third-order valence-electron chi connectivity index (χ3n) is 5.02. The topological polar surface area (TPSA) is 45.7 Å². The minimum Gasteiger partial charge on any atom is -0.497 e. The van der Waals surface area contributed by atoms with E-state index < -0.39 is 0 Å². The molecule has 0 saturated carbocycles. The fraction of sp³-hybridized carbons (Fsp3) is 0.429. The molecular weight excluding hydrogens is 326 g/mol. The Bertz CT molecular complexity index is 729. The number of amides is 1. The molecule has 1 fully saturated rings. The second-order valence-corrected chi connectivity index (χ2v) is 7.33. The van der Waals surface area contributed by atoms with Crippen LogP contribution in [-0.4, -0.2) is 48.1 Å². The number of aryl methyl sites for hydroxylation is 1. The molecule has 5 nitrogen and oxygen atoms in total. The molecule has 0 atom stereocenters. The van der Waals surface area contributed by atoms with E-state index in [0.29, 0.717) is 6.42 Å². The molecule has 2 aromatic rings. The fourth-order valence-corrected chi connectivity index (χ4v) is 3.57. The lowest BCUT2D eigenvalue weighted by Gasteiger charge is -2.48. The van der Waals surface area contributed by atoms with E-state index in [1.54, 1.807) is 19.5 Å². The summed E-state index contributed by atoms with van der Waals surface area (Å²) in [6.07, 6.45) is 4.86. The Hall–Kier alpha value is -2.56. The second-order valence-electron chi connectivity index (χ2n) is 7.33. The van der Waals surface area contributed by atoms with Crippen LogP contribution in [0, 0.1) is 0 Å². The van der Waals surface area contributed by atoms with Crippen LogP contribution >= 0.6 is 0 Å². The standard InChI is InChI=1S/C21H27N3O2/c1-21(2)16-23(20(25)9-4-17-10-12-22-13-11-17)14-15-24(21)18-5-7-19(26-3)8-6-18/h5-8,10-13H,4,9,14-16H2,1-3H3. The van der Waals surface area contributed by atoms with Gasteiger partial charge in [-0.25, -0.2) is 0 Å². The van der Waals surface area contributed by atoms with Crippen LogP contribution in [-0.2, 0) is 11.2 Å². The van der Waals surface area contributed by atoms with E-state index in [1.165, 1.54) is 5.69 Å². The van der Waals surface area contributed by atoms with Crippen LogP contribution in [0.5, 0.6) is 5.75 Å². The molecule has 1 amide bonds. The molecule has 0 bridgehead atoms. The van der Waals surface area contributed by atoms with Gasteiger partial charge in [0.15, 0.2) is 0 Å². The Morgan fingerprint density at radius 3 is 2.42 bits per heavy atom. The van der Waals surface area contributed by atoms with Crippen molar-refractivity contribution in [1.29, 1.82) is 0 Å². The SMILES string of the molecule is COc1ccc(N2CCN(C(=O)CCc3ccncc3)CC2(C)C)cc1. The van der Waals surface area contributed by atoms with Crippen LogP contribution < -0.4 is 9.64 Å². The molecule has 26 heavy (non-hydrogen) atoms. The summed E-state index contributed by atoms with van der Waals surface area (Å²) in [4.78, 5) is 21.1. The number of piperazine rings is 1. The zero-order valence-corrected chi connectivity index (χ0v) is 15.8. The molecule has 1 aromatic heterocycles. The monoisotopic (exact) mass is 353 g/mol. The van der Waals surface area contributed by atoms with Crippen molar-refractivity contribution in [1.82, 2.24) is 9.88 Å². The van der Waals surface area contributed by atoms with Crippen molar-refractivity contribution < 1.29 is 9.53 Å². The zero-order chi connectivity index (χ0) is 18.6. The summed E-state index contributed by atoms with van der Waals surface area (Å²) in [7, 11) is 1.68. The summed E-state index contributed by atoms with van der Waals surface area (Å²) in [5, 5.41) is 0. The van der Waals surface area contributed by atoms with Gasteiger partial charge in [0.1, 0.15) is 5.75 Å². The Labute approximate surface area is 155 Å². The van der Waals surface area contributed by atoms with Crippen LogP contribution in [0.4, 0.5) is 5.69 Å². The highest BCUT2D eigenvalue weighted by molar-refractivity contribution is 5.77. The van der Waals surface area contributed by atoms with Crippen molar-refractivity contribution in [3.8, 4) is 5.75 Å². The molecule has 1 aromatic carbocycles. The average molecular weight is 353 g/mol. The molecule has 5 heteroatoms. The van der Waals surface area contributed by atoms with Crippen molar-refractivity contribution in [3.05, 3.63) is 54.4 Å². The Kier molecular flexibility index (Phi) is 5.45. The highest BCUT2D eigenvalue weighted by Crippen LogP contribution is 2.29. The Morgan fingerprint density at radius 1 is 1.12 bits per heavy atom. The largest absolute Gasteiger partial charge is 0.497 e. The smallest absolute Gasteiger partial charge is 0.223 e. The van der Waals surface area contributed by atoms with E-state index in [9.17, 15) is 4.79 Å². The number of carbonyl (C=O) groups is 1. The minimum absolute atomic E-state index is 0.112. The number of hydrogen-bond donors (Lipinski definition) is 0. The third kappa shape index (κ3) is 4.15. The molecule has 1 aliphatic rings. The molecule has 0 radical (unpaired) electrons. The van der Waals surface area contributed by atoms with Crippen molar-refractivity contribution in [2.45, 2.75) is 32.2 Å². The number of hydrogen-bond acceptors (Lipinski definition) is 4. The number of anilines is 1. The molecule has 0 unspecified atom stereocenters. The van der Waals surface area contributed by atoms with Gasteiger partial charge in [0, 0.05) is 44.1 Å². The highest BCUT2D eigenvalue weighted by Gasteiger charge is 2.35. The van der Waals surface area contributed by atoms with Gasteiger partial charge in [-0.3, -0.25) is 9.78 Å². The quantitative estimate of drug-likeness (QED) is 0.828. The van der Waals surface area contributed by atoms with Crippen LogP contribution in [0.3, 0.4) is 0 Å². The van der Waals surface area contributed by atoms with E-state index in [0.717, 1.165) is 37.4 Å². The normalized spacial score (nSPS) is 16.4. The van der Waals surface area contributed by atoms with Crippen molar-refractivity contribution >= 4 is 11.6 Å². The number of carbonyl (C=O) groups excluding carboxylic acids is 1. The molecule has 138 valence electrons. The summed E-state index contributed by atoms with van der Waals surface area (Å²) in [6, 6.07) is 12.1. The first-order chi connectivity index (χ1) is 12.5. The first kappa shape index (κ1) is 18.2. The molecule has 1 aliphatic heterocycles. The summed E-state index contributed by atoms with van der Waals surface area (Å²) in [6.45, 7) is 6.71. The highest BCUT2D eigenvalue weighted by atomic mass is 16.5. The average Bonchev–Trinajstić information content (AvgIpc) is 2.66. The predicted octanol–water partition coefficient (Wildman–Crippen LogP) is 3.15. The second kappa shape index (κ2) is 7.77. The fourth-order valence-electron chi connectivity index (χ4n) is 3.57. The predicted molar refractivity (Wildman–Crippen MR) is 104 cm³/mol. The first-order valence-electron chi connectivity index (χ1n) is 9.08. The minimum atomic E-state index is -0.112. The summed E-state index contributed by atoms with van der Waals surface area (Å²) in [5.74, 6) is 1.08. The molecule has 0 spiro atoms. The van der Waals surface area contributed by atoms with Gasteiger partial charge < -0.3 is 14.5 Å². The number of nitrogens with zero attached hydrogens (tertiary/aromatic N) is 3. The molecule has 0 aliphatic carbocycles. The third-order valence-corrected chi connectivity index (χ3v) is 5.02. The van der Waals surface area contributed by atoms with Crippen LogP contribution in [0.1, 0.15) is 25.8 Å². The van der Waals surface area contributed by atoms with Crippen molar-refractivity contribution in [2.24, 2.45) is 0 Å². The van der Waals surface area contributed by atoms with Gasteiger partial charge in [0.05, 0.1) is 12.6 Å². The molecule has 2 heterocycles. The number of rotatable bonds is 5. The van der Waals surface area contributed by atoms with Gasteiger partial charge in [0.2, 0.25) is 5.91 Å². The van der Waals surface area contributed by atoms with E-state index in [2.05, 4.69) is 35.9 Å². The van der Waals surface area contributed by atoms with E-state index in [1.807, 2.05) is 29.2 Å². The first-order valence-corrected chi connectivity index (χ1v) is 9.08. The van der Waals surface area contributed by atoms with Gasteiger partial charge >= 0.3 is 0 Å². The van der Waals surface area contributed by atoms with Gasteiger partial charge in [-0.05, 0) is 62.2 Å². The summed E-state index contributed by atoms with van der Waals surface area (Å²) in [5.41, 5.74) is 2.21. The number of methoxy groups -OCH3 is 1. The summed E-state index contributed by atoms with van der Waals surface area (Å²) >= 11 is 0. The number of benzene rings is 1. The number of aromatic nitrogens is 1. The Balaban J connectivity index is 1.61. The van der Waals surface area contributed by atoms with Gasteiger partial charge in [0.25, 0.3) is 0 Å². The molecule has 1 saturated heterocycles. The molecular formula is C21H27N3O2. The lowest BCUT2D eigenvalue weighted by molar-refractivity contribution is -0.132. The maximum atomic E-state index is 12.7. The van der Waals surface area contributed by atoms with Crippen LogP contribution in [0.25, 0.3) is 0 Å². The molecule has 0 N–H and O–H groups in total. The van der Waals surface area contributed by atoms with Gasteiger partial charge in [-0.15, -0.1) is 0 Å². The lowest BCUT2D eigenvalue weighted by Crippen LogP contribution is -2.60. The summed E-state index contributed by atoms with van der Waals surface area (Å²) < 4.78 is 5.25. The Morgan fingerprint density at radius 2 is 1.81 bits per heavy atom. The zero-order valence-electron chi connectivity index (χ0n) is 15.8. The lowest BCUT2D eigenvalue weighted by atomic mass is 9.97. The van der Waals surface area contributed by atoms with Crippen molar-refractivity contribution in [3.63, 3.8) is 0 Å². The van der Waals surface area contributed by atoms with E-state index in [-0.39, 0.29) is 11.4 Å². The number of ether oxygens (including phenoxy) is 1. The van der Waals surface area contributed by atoms with Gasteiger partial charge in [-0.2, -0.15) is 0 Å². The van der Waals surface area contributed by atoms with Crippen LogP contribution in [0.15, 0.2) is 48.8 Å². The van der Waals surface area contributed by atoms with E-state index in [4.69, 9.17) is 4.74 Å².